The molecule has 2 N–H and O–H groups in total. The summed E-state index contributed by atoms with van der Waals surface area (Å²) in [5, 5.41) is 5.84. The summed E-state index contributed by atoms with van der Waals surface area (Å²) in [6.07, 6.45) is 0. The van der Waals surface area contributed by atoms with E-state index in [-0.39, 0.29) is 5.91 Å². The quantitative estimate of drug-likeness (QED) is 0.741. The zero-order valence-corrected chi connectivity index (χ0v) is 8.58. The van der Waals surface area contributed by atoms with Crippen molar-refractivity contribution in [1.29, 1.82) is 0 Å². The number of nitrogens with one attached hydrogen (secondary N) is 2. The minimum Gasteiger partial charge on any atom is -0.388 e. The van der Waals surface area contributed by atoms with Crippen LogP contribution in [0, 0.1) is 0 Å². The van der Waals surface area contributed by atoms with Gasteiger partial charge in [0, 0.05) is 24.8 Å². The molecule has 0 unspecified atom stereocenters. The van der Waals surface area contributed by atoms with Gasteiger partial charge in [-0.2, -0.15) is 0 Å². The number of anilines is 1. The lowest BCUT2D eigenvalue weighted by molar-refractivity contribution is -0.114. The molecule has 1 amide bonds. The first-order valence-electron chi connectivity index (χ1n) is 4.92. The number of aliphatic imine (C=N–C) groups is 1. The molecular weight excluding hydrogens is 190 g/mol. The highest BCUT2D eigenvalue weighted by atomic mass is 16.2. The van der Waals surface area contributed by atoms with Crippen molar-refractivity contribution in [2.24, 2.45) is 4.99 Å². The van der Waals surface area contributed by atoms with Crippen molar-refractivity contribution in [2.75, 3.05) is 25.5 Å². The Labute approximate surface area is 88.4 Å². The van der Waals surface area contributed by atoms with E-state index in [1.807, 2.05) is 31.3 Å². The van der Waals surface area contributed by atoms with Gasteiger partial charge in [0.05, 0.1) is 6.54 Å². The van der Waals surface area contributed by atoms with Gasteiger partial charge in [0.2, 0.25) is 0 Å². The zero-order valence-electron chi connectivity index (χ0n) is 8.58. The molecule has 0 fully saturated rings. The molecule has 2 rings (SSSR count). The Kier molecular flexibility index (Phi) is 2.67. The summed E-state index contributed by atoms with van der Waals surface area (Å²) in [5.74, 6) is -0.0936. The lowest BCUT2D eigenvalue weighted by Gasteiger charge is -2.15. The van der Waals surface area contributed by atoms with E-state index in [0.717, 1.165) is 11.3 Å². The van der Waals surface area contributed by atoms with Gasteiger partial charge in [0.15, 0.2) is 0 Å². The van der Waals surface area contributed by atoms with E-state index < -0.39 is 0 Å². The second kappa shape index (κ2) is 4.13. The Morgan fingerprint density at radius 3 is 2.93 bits per heavy atom. The molecule has 78 valence electrons. The number of rotatable bonds is 2. The average molecular weight is 203 g/mol. The highest BCUT2D eigenvalue weighted by Crippen LogP contribution is 2.16. The highest BCUT2D eigenvalue weighted by Gasteiger charge is 2.18. The first kappa shape index (κ1) is 9.71. The molecule has 0 saturated carbocycles. The van der Waals surface area contributed by atoms with Crippen LogP contribution in [0.4, 0.5) is 5.69 Å². The standard InChI is InChI=1S/C11H13N3O/c1-12-9-5-3-2-4-8(9)10-11(15)14-7-6-13-10/h2-5,12H,6-7H2,1H3,(H,14,15). The molecule has 0 spiro atoms. The molecular formula is C11H13N3O. The van der Waals surface area contributed by atoms with E-state index in [1.165, 1.54) is 0 Å². The molecule has 4 heteroatoms. The van der Waals surface area contributed by atoms with Crippen LogP contribution in [-0.2, 0) is 4.79 Å². The summed E-state index contributed by atoms with van der Waals surface area (Å²) in [6, 6.07) is 7.66. The third-order valence-corrected chi connectivity index (χ3v) is 2.33. The largest absolute Gasteiger partial charge is 0.388 e. The first-order chi connectivity index (χ1) is 7.33. The molecule has 0 radical (unpaired) electrons. The van der Waals surface area contributed by atoms with E-state index in [9.17, 15) is 4.79 Å². The second-order valence-electron chi connectivity index (χ2n) is 3.28. The fourth-order valence-electron chi connectivity index (χ4n) is 1.61. The van der Waals surface area contributed by atoms with Gasteiger partial charge >= 0.3 is 0 Å². The van der Waals surface area contributed by atoms with E-state index in [2.05, 4.69) is 15.6 Å². The SMILES string of the molecule is CNc1ccccc1C1=NCCNC1=O. The maximum Gasteiger partial charge on any atom is 0.270 e. The van der Waals surface area contributed by atoms with Crippen LogP contribution in [0.15, 0.2) is 29.3 Å². The molecule has 1 aliphatic rings. The van der Waals surface area contributed by atoms with Crippen molar-refractivity contribution in [3.05, 3.63) is 29.8 Å². The van der Waals surface area contributed by atoms with Crippen LogP contribution >= 0.6 is 0 Å². The second-order valence-corrected chi connectivity index (χ2v) is 3.28. The third-order valence-electron chi connectivity index (χ3n) is 2.33. The van der Waals surface area contributed by atoms with Crippen molar-refractivity contribution in [3.8, 4) is 0 Å². The molecule has 15 heavy (non-hydrogen) atoms. The van der Waals surface area contributed by atoms with E-state index in [0.29, 0.717) is 18.8 Å². The minimum atomic E-state index is -0.0936. The average Bonchev–Trinajstić information content (AvgIpc) is 2.30. The van der Waals surface area contributed by atoms with Crippen LogP contribution in [0.3, 0.4) is 0 Å². The Morgan fingerprint density at radius 2 is 2.20 bits per heavy atom. The van der Waals surface area contributed by atoms with Gasteiger partial charge in [-0.15, -0.1) is 0 Å². The first-order valence-corrected chi connectivity index (χ1v) is 4.92. The number of carbonyl (C=O) groups excluding carboxylic acids is 1. The summed E-state index contributed by atoms with van der Waals surface area (Å²) >= 11 is 0. The van der Waals surface area contributed by atoms with Gasteiger partial charge in [-0.1, -0.05) is 18.2 Å². The molecule has 1 heterocycles. The Hall–Kier alpha value is -1.84. The van der Waals surface area contributed by atoms with Crippen molar-refractivity contribution >= 4 is 17.3 Å². The molecule has 1 aromatic carbocycles. The van der Waals surface area contributed by atoms with Gasteiger partial charge in [-0.25, -0.2) is 0 Å². The monoisotopic (exact) mass is 203 g/mol. The smallest absolute Gasteiger partial charge is 0.270 e. The van der Waals surface area contributed by atoms with Crippen LogP contribution in [-0.4, -0.2) is 31.8 Å². The molecule has 0 atom stereocenters. The molecule has 1 aliphatic heterocycles. The number of para-hydroxylation sites is 1. The Bertz CT molecular complexity index is 412. The van der Waals surface area contributed by atoms with Crippen molar-refractivity contribution < 1.29 is 4.79 Å². The highest BCUT2D eigenvalue weighted by molar-refractivity contribution is 6.46. The van der Waals surface area contributed by atoms with E-state index in [1.54, 1.807) is 0 Å². The predicted octanol–water partition coefficient (Wildman–Crippen LogP) is 0.647. The van der Waals surface area contributed by atoms with E-state index >= 15 is 0 Å². The molecule has 4 nitrogen and oxygen atoms in total. The lowest BCUT2D eigenvalue weighted by Crippen LogP contribution is -2.38. The number of nitrogens with zero attached hydrogens (tertiary/aromatic N) is 1. The fourth-order valence-corrected chi connectivity index (χ4v) is 1.61. The summed E-state index contributed by atoms with van der Waals surface area (Å²) in [4.78, 5) is 15.8. The van der Waals surface area contributed by atoms with Crippen LogP contribution in [0.25, 0.3) is 0 Å². The summed E-state index contributed by atoms with van der Waals surface area (Å²) in [7, 11) is 1.83. The normalized spacial score (nSPS) is 15.5. The number of hydrogen-bond donors (Lipinski definition) is 2. The maximum absolute atomic E-state index is 11.6. The van der Waals surface area contributed by atoms with Gasteiger partial charge in [-0.3, -0.25) is 9.79 Å². The number of carbonyl (C=O) groups is 1. The van der Waals surface area contributed by atoms with Gasteiger partial charge < -0.3 is 10.6 Å². The minimum absolute atomic E-state index is 0.0936. The zero-order chi connectivity index (χ0) is 10.7. The topological polar surface area (TPSA) is 53.5 Å². The number of amides is 1. The number of benzene rings is 1. The number of hydrogen-bond acceptors (Lipinski definition) is 3. The van der Waals surface area contributed by atoms with Crippen LogP contribution in [0.5, 0.6) is 0 Å². The molecule has 0 aliphatic carbocycles. The summed E-state index contributed by atoms with van der Waals surface area (Å²) in [5.41, 5.74) is 2.30. The summed E-state index contributed by atoms with van der Waals surface area (Å²) in [6.45, 7) is 1.28. The third kappa shape index (κ3) is 1.83. The fraction of sp³-hybridized carbons (Fsp3) is 0.273. The Morgan fingerprint density at radius 1 is 1.40 bits per heavy atom. The molecule has 0 saturated heterocycles. The maximum atomic E-state index is 11.6. The van der Waals surface area contributed by atoms with Crippen LogP contribution in [0.1, 0.15) is 5.56 Å². The van der Waals surface area contributed by atoms with Crippen molar-refractivity contribution in [1.82, 2.24) is 5.32 Å². The van der Waals surface area contributed by atoms with Gasteiger partial charge in [0.25, 0.3) is 5.91 Å². The molecule has 1 aromatic rings. The summed E-state index contributed by atoms with van der Waals surface area (Å²) < 4.78 is 0. The van der Waals surface area contributed by atoms with Gasteiger partial charge in [-0.05, 0) is 6.07 Å². The molecule has 0 aromatic heterocycles. The molecule has 0 bridgehead atoms. The van der Waals surface area contributed by atoms with Crippen LogP contribution < -0.4 is 10.6 Å². The van der Waals surface area contributed by atoms with Crippen molar-refractivity contribution in [3.63, 3.8) is 0 Å². The lowest BCUT2D eigenvalue weighted by atomic mass is 10.1. The Balaban J connectivity index is 2.44. The van der Waals surface area contributed by atoms with Gasteiger partial charge in [0.1, 0.15) is 5.71 Å². The van der Waals surface area contributed by atoms with Crippen LogP contribution in [0.2, 0.25) is 0 Å². The van der Waals surface area contributed by atoms with Crippen molar-refractivity contribution in [2.45, 2.75) is 0 Å². The predicted molar refractivity (Wildman–Crippen MR) is 60.4 cm³/mol. The van der Waals surface area contributed by atoms with E-state index in [4.69, 9.17) is 0 Å².